The molecule has 0 fully saturated rings. The van der Waals surface area contributed by atoms with Crippen LogP contribution in [-0.2, 0) is 11.3 Å². The van der Waals surface area contributed by atoms with Crippen molar-refractivity contribution in [3.05, 3.63) is 108 Å². The van der Waals surface area contributed by atoms with Crippen LogP contribution in [0.2, 0.25) is 0 Å². The van der Waals surface area contributed by atoms with Crippen LogP contribution in [0.1, 0.15) is 6.92 Å². The standard InChI is InChI=1S/C34H24N4O3/c1-2-37-28-10-6-5-7-22(28)26-17-20(11-13-29(26)37)36-31(39)19-41-21-12-14-30-27(18-21)24-15-16-35-32-23-8-3-4-9-25(23)34(40)38(30)33(24)32/h3-18H,2,19H2,1H3,(H,36,39). The molecule has 7 nitrogen and oxygen atoms in total. The highest BCUT2D eigenvalue weighted by Crippen LogP contribution is 2.35. The Bertz CT molecular complexity index is 2390. The van der Waals surface area contributed by atoms with Crippen molar-refractivity contribution in [3.63, 3.8) is 0 Å². The van der Waals surface area contributed by atoms with Crippen molar-refractivity contribution in [2.75, 3.05) is 11.9 Å². The van der Waals surface area contributed by atoms with Gasteiger partial charge < -0.3 is 14.6 Å². The normalized spacial score (nSPS) is 11.9. The Balaban J connectivity index is 1.10. The van der Waals surface area contributed by atoms with E-state index < -0.39 is 0 Å². The quantitative estimate of drug-likeness (QED) is 0.247. The van der Waals surface area contributed by atoms with E-state index in [1.807, 2.05) is 72.8 Å². The average Bonchev–Trinajstić information content (AvgIpc) is 3.51. The van der Waals surface area contributed by atoms with Gasteiger partial charge in [0.2, 0.25) is 0 Å². The van der Waals surface area contributed by atoms with Gasteiger partial charge in [-0.2, -0.15) is 0 Å². The van der Waals surface area contributed by atoms with Gasteiger partial charge in [-0.05, 0) is 61.5 Å². The van der Waals surface area contributed by atoms with Crippen LogP contribution in [0.4, 0.5) is 5.69 Å². The molecule has 1 N–H and O–H groups in total. The summed E-state index contributed by atoms with van der Waals surface area (Å²) in [4.78, 5) is 31.0. The van der Waals surface area contributed by atoms with E-state index in [4.69, 9.17) is 4.74 Å². The summed E-state index contributed by atoms with van der Waals surface area (Å²) >= 11 is 0. The number of nitrogens with zero attached hydrogens (tertiary/aromatic N) is 3. The first kappa shape index (κ1) is 23.5. The van der Waals surface area contributed by atoms with Gasteiger partial charge >= 0.3 is 0 Å². The van der Waals surface area contributed by atoms with Crippen LogP contribution in [0.5, 0.6) is 5.75 Å². The molecule has 8 aromatic rings. The number of hydrogen-bond acceptors (Lipinski definition) is 4. The maximum Gasteiger partial charge on any atom is 0.263 e. The summed E-state index contributed by atoms with van der Waals surface area (Å²) in [7, 11) is 0. The van der Waals surface area contributed by atoms with E-state index in [2.05, 4.69) is 33.9 Å². The molecule has 0 radical (unpaired) electrons. The Hall–Kier alpha value is -5.43. The Kier molecular flexibility index (Phi) is 5.03. The lowest BCUT2D eigenvalue weighted by Crippen LogP contribution is -2.20. The lowest BCUT2D eigenvalue weighted by molar-refractivity contribution is -0.118. The molecule has 4 heterocycles. The second-order valence-corrected chi connectivity index (χ2v) is 10.3. The zero-order valence-electron chi connectivity index (χ0n) is 22.2. The van der Waals surface area contributed by atoms with E-state index in [0.717, 1.165) is 61.2 Å². The first-order valence-electron chi connectivity index (χ1n) is 13.6. The fourth-order valence-corrected chi connectivity index (χ4v) is 6.26. The molecule has 198 valence electrons. The first-order chi connectivity index (χ1) is 20.1. The lowest BCUT2D eigenvalue weighted by Gasteiger charge is -2.09. The first-order valence-corrected chi connectivity index (χ1v) is 13.6. The highest BCUT2D eigenvalue weighted by Gasteiger charge is 2.18. The summed E-state index contributed by atoms with van der Waals surface area (Å²) in [5.74, 6) is 0.303. The molecule has 0 unspecified atom stereocenters. The SMILES string of the molecule is CCn1c2ccccc2c2cc(NC(=O)COc3ccc4c(c3)c3ccnc5c6ccccc6c(=O)n4c35)ccc21. The topological polar surface area (TPSA) is 77.6 Å². The van der Waals surface area contributed by atoms with E-state index in [1.165, 1.54) is 5.52 Å². The number of ether oxygens (including phenoxy) is 1. The summed E-state index contributed by atoms with van der Waals surface area (Å²) in [6, 6.07) is 29.3. The molecule has 0 spiro atoms. The van der Waals surface area contributed by atoms with Gasteiger partial charge in [-0.1, -0.05) is 36.4 Å². The molecule has 0 aliphatic carbocycles. The molecule has 0 aliphatic rings. The highest BCUT2D eigenvalue weighted by atomic mass is 16.5. The number of pyridine rings is 2. The van der Waals surface area contributed by atoms with Crippen molar-refractivity contribution in [2.45, 2.75) is 13.5 Å². The maximum absolute atomic E-state index is 13.5. The fourth-order valence-electron chi connectivity index (χ4n) is 6.26. The molecule has 1 amide bonds. The van der Waals surface area contributed by atoms with Crippen LogP contribution < -0.4 is 15.6 Å². The molecule has 4 aromatic heterocycles. The third-order valence-electron chi connectivity index (χ3n) is 8.00. The van der Waals surface area contributed by atoms with Gasteiger partial charge in [0, 0.05) is 61.8 Å². The molecular weight excluding hydrogens is 512 g/mol. The molecule has 0 atom stereocenters. The fraction of sp³-hybridized carbons (Fsp3) is 0.0882. The number of aryl methyl sites for hydroxylation is 1. The number of amides is 1. The summed E-state index contributed by atoms with van der Waals surface area (Å²) in [6.07, 6.45) is 1.77. The number of carbonyl (C=O) groups is 1. The number of fused-ring (bicyclic) bond motifs is 8. The van der Waals surface area contributed by atoms with Crippen LogP contribution in [0.3, 0.4) is 0 Å². The molecule has 7 heteroatoms. The lowest BCUT2D eigenvalue weighted by atomic mass is 10.1. The molecule has 0 saturated carbocycles. The molecule has 4 aromatic carbocycles. The Labute approximate surface area is 233 Å². The maximum atomic E-state index is 13.5. The van der Waals surface area contributed by atoms with Gasteiger partial charge in [-0.15, -0.1) is 0 Å². The predicted molar refractivity (Wildman–Crippen MR) is 164 cm³/mol. The van der Waals surface area contributed by atoms with Crippen molar-refractivity contribution in [3.8, 4) is 5.75 Å². The average molecular weight is 537 g/mol. The third-order valence-corrected chi connectivity index (χ3v) is 8.00. The van der Waals surface area contributed by atoms with Crippen LogP contribution >= 0.6 is 0 Å². The van der Waals surface area contributed by atoms with E-state index in [-0.39, 0.29) is 18.1 Å². The second-order valence-electron chi connectivity index (χ2n) is 10.3. The minimum absolute atomic E-state index is 0.0758. The van der Waals surface area contributed by atoms with Crippen molar-refractivity contribution in [1.29, 1.82) is 0 Å². The zero-order chi connectivity index (χ0) is 27.7. The summed E-state index contributed by atoms with van der Waals surface area (Å²) in [5.41, 5.74) is 5.32. The largest absolute Gasteiger partial charge is 0.484 e. The monoisotopic (exact) mass is 536 g/mol. The Morgan fingerprint density at radius 2 is 1.51 bits per heavy atom. The van der Waals surface area contributed by atoms with Crippen LogP contribution in [0.25, 0.3) is 59.9 Å². The minimum atomic E-state index is -0.249. The zero-order valence-corrected chi connectivity index (χ0v) is 22.2. The van der Waals surface area contributed by atoms with Crippen LogP contribution in [-0.4, -0.2) is 26.5 Å². The number of aromatic nitrogens is 3. The van der Waals surface area contributed by atoms with Crippen molar-refractivity contribution in [2.24, 2.45) is 0 Å². The third kappa shape index (κ3) is 3.42. The van der Waals surface area contributed by atoms with Gasteiger partial charge in [0.05, 0.1) is 16.6 Å². The van der Waals surface area contributed by atoms with Crippen molar-refractivity contribution >= 4 is 71.5 Å². The van der Waals surface area contributed by atoms with Crippen molar-refractivity contribution < 1.29 is 9.53 Å². The van der Waals surface area contributed by atoms with Crippen LogP contribution in [0, 0.1) is 0 Å². The number of carbonyl (C=O) groups excluding carboxylic acids is 1. The van der Waals surface area contributed by atoms with Gasteiger partial charge in [0.25, 0.3) is 11.5 Å². The summed E-state index contributed by atoms with van der Waals surface area (Å²) in [5, 5.41) is 8.50. The number of anilines is 1. The minimum Gasteiger partial charge on any atom is -0.484 e. The van der Waals surface area contributed by atoms with E-state index in [9.17, 15) is 9.59 Å². The predicted octanol–water partition coefficient (Wildman–Crippen LogP) is 6.74. The van der Waals surface area contributed by atoms with Gasteiger partial charge in [-0.25, -0.2) is 0 Å². The van der Waals surface area contributed by atoms with E-state index in [1.54, 1.807) is 16.7 Å². The van der Waals surface area contributed by atoms with E-state index >= 15 is 0 Å². The van der Waals surface area contributed by atoms with Gasteiger partial charge in [-0.3, -0.25) is 19.0 Å². The molecule has 0 aliphatic heterocycles. The molecule has 41 heavy (non-hydrogen) atoms. The number of para-hydroxylation sites is 1. The Morgan fingerprint density at radius 3 is 2.37 bits per heavy atom. The number of nitrogens with one attached hydrogen (secondary N) is 1. The number of hydrogen-bond donors (Lipinski definition) is 1. The smallest absolute Gasteiger partial charge is 0.263 e. The van der Waals surface area contributed by atoms with Gasteiger partial charge in [0.15, 0.2) is 6.61 Å². The number of benzene rings is 4. The molecule has 0 bridgehead atoms. The second kappa shape index (κ2) is 8.79. The van der Waals surface area contributed by atoms with Crippen molar-refractivity contribution in [1.82, 2.24) is 14.0 Å². The molecule has 8 rings (SSSR count). The molecular formula is C34H24N4O3. The summed E-state index contributed by atoms with van der Waals surface area (Å²) < 4.78 is 9.94. The number of rotatable bonds is 5. The Morgan fingerprint density at radius 1 is 0.780 bits per heavy atom. The van der Waals surface area contributed by atoms with Crippen LogP contribution in [0.15, 0.2) is 102 Å². The van der Waals surface area contributed by atoms with E-state index in [0.29, 0.717) is 11.1 Å². The molecule has 0 saturated heterocycles. The summed E-state index contributed by atoms with van der Waals surface area (Å²) in [6.45, 7) is 2.86. The van der Waals surface area contributed by atoms with Gasteiger partial charge in [0.1, 0.15) is 5.75 Å². The highest BCUT2D eigenvalue weighted by molar-refractivity contribution is 6.19.